The van der Waals surface area contributed by atoms with E-state index in [1.807, 2.05) is 19.1 Å². The molecule has 2 rings (SSSR count). The molecule has 0 aliphatic heterocycles. The van der Waals surface area contributed by atoms with E-state index in [2.05, 4.69) is 37.2 Å². The first-order valence-electron chi connectivity index (χ1n) is 7.15. The largest absolute Gasteiger partial charge is 0.480 e. The molecule has 1 N–H and O–H groups in total. The summed E-state index contributed by atoms with van der Waals surface area (Å²) < 4.78 is 11.6. The van der Waals surface area contributed by atoms with Crippen molar-refractivity contribution in [2.24, 2.45) is 0 Å². The highest BCUT2D eigenvalue weighted by Crippen LogP contribution is 2.32. The van der Waals surface area contributed by atoms with Crippen molar-refractivity contribution in [3.63, 3.8) is 0 Å². The third kappa shape index (κ3) is 6.02. The van der Waals surface area contributed by atoms with Gasteiger partial charge in [-0.05, 0) is 68.6 Å². The Labute approximate surface area is 166 Å². The maximum absolute atomic E-state index is 11.9. The van der Waals surface area contributed by atoms with Crippen molar-refractivity contribution < 1.29 is 19.1 Å². The number of carbonyl (C=O) groups is 2. The van der Waals surface area contributed by atoms with E-state index in [9.17, 15) is 9.59 Å². The number of aryl methyl sites for hydroxylation is 1. The van der Waals surface area contributed by atoms with E-state index in [1.165, 1.54) is 0 Å². The summed E-state index contributed by atoms with van der Waals surface area (Å²) in [6.45, 7) is 1.17. The Bertz CT molecular complexity index is 775. The van der Waals surface area contributed by atoms with Crippen molar-refractivity contribution >= 4 is 61.0 Å². The third-order valence-electron chi connectivity index (χ3n) is 3.00. The van der Waals surface area contributed by atoms with Crippen molar-refractivity contribution in [1.82, 2.24) is 0 Å². The van der Waals surface area contributed by atoms with Gasteiger partial charge in [0, 0.05) is 8.95 Å². The third-order valence-corrected chi connectivity index (χ3v) is 4.56. The van der Waals surface area contributed by atoms with Crippen LogP contribution in [0, 0.1) is 6.92 Å². The summed E-state index contributed by atoms with van der Waals surface area (Å²) in [5.74, 6) is -0.758. The lowest BCUT2D eigenvalue weighted by Gasteiger charge is -2.11. The van der Waals surface area contributed by atoms with E-state index in [4.69, 9.17) is 21.1 Å². The maximum Gasteiger partial charge on any atom is 0.344 e. The predicted molar refractivity (Wildman–Crippen MR) is 103 cm³/mol. The van der Waals surface area contributed by atoms with Crippen molar-refractivity contribution in [1.29, 1.82) is 0 Å². The minimum absolute atomic E-state index is 0.338. The molecule has 0 aliphatic rings. The molecule has 25 heavy (non-hydrogen) atoms. The lowest BCUT2D eigenvalue weighted by molar-refractivity contribution is -0.149. The van der Waals surface area contributed by atoms with Crippen LogP contribution in [0.4, 0.5) is 5.69 Å². The highest BCUT2D eigenvalue weighted by Gasteiger charge is 2.13. The average molecular weight is 492 g/mol. The van der Waals surface area contributed by atoms with E-state index >= 15 is 0 Å². The van der Waals surface area contributed by atoms with Crippen LogP contribution in [0.3, 0.4) is 0 Å². The second-order valence-electron chi connectivity index (χ2n) is 5.03. The summed E-state index contributed by atoms with van der Waals surface area (Å²) in [6.07, 6.45) is 0. The number of nitrogens with one attached hydrogen (secondary N) is 1. The number of esters is 1. The molecule has 5 nitrogen and oxygen atoms in total. The first-order chi connectivity index (χ1) is 11.9. The Hall–Kier alpha value is -1.57. The zero-order valence-corrected chi connectivity index (χ0v) is 17.1. The molecule has 2 aromatic rings. The van der Waals surface area contributed by atoms with E-state index in [0.717, 1.165) is 14.5 Å². The van der Waals surface area contributed by atoms with Gasteiger partial charge in [-0.1, -0.05) is 23.7 Å². The molecule has 0 bridgehead atoms. The number of benzene rings is 2. The fourth-order valence-corrected chi connectivity index (χ4v) is 3.68. The Morgan fingerprint density at radius 1 is 1.12 bits per heavy atom. The molecule has 0 saturated heterocycles. The number of carbonyl (C=O) groups excluding carboxylic acids is 2. The van der Waals surface area contributed by atoms with Crippen LogP contribution in [-0.4, -0.2) is 25.1 Å². The molecule has 8 heteroatoms. The minimum atomic E-state index is -0.669. The summed E-state index contributed by atoms with van der Waals surface area (Å²) in [4.78, 5) is 23.6. The Morgan fingerprint density at radius 2 is 1.76 bits per heavy atom. The highest BCUT2D eigenvalue weighted by molar-refractivity contribution is 9.11. The van der Waals surface area contributed by atoms with Crippen LogP contribution < -0.4 is 10.1 Å². The molecule has 0 radical (unpaired) electrons. The Balaban J connectivity index is 1.82. The van der Waals surface area contributed by atoms with Crippen molar-refractivity contribution in [2.45, 2.75) is 6.92 Å². The second-order valence-corrected chi connectivity index (χ2v) is 7.15. The Kier molecular flexibility index (Phi) is 7.28. The monoisotopic (exact) mass is 489 g/mol. The highest BCUT2D eigenvalue weighted by atomic mass is 79.9. The van der Waals surface area contributed by atoms with Gasteiger partial charge in [-0.3, -0.25) is 4.79 Å². The van der Waals surface area contributed by atoms with Crippen LogP contribution in [0.2, 0.25) is 5.02 Å². The summed E-state index contributed by atoms with van der Waals surface area (Å²) in [6, 6.07) is 10.5. The number of rotatable bonds is 6. The van der Waals surface area contributed by atoms with Gasteiger partial charge < -0.3 is 14.8 Å². The van der Waals surface area contributed by atoms with Gasteiger partial charge in [-0.25, -0.2) is 4.79 Å². The summed E-state index contributed by atoms with van der Waals surface area (Å²) in [5.41, 5.74) is 1.60. The van der Waals surface area contributed by atoms with Gasteiger partial charge in [-0.2, -0.15) is 0 Å². The Morgan fingerprint density at radius 3 is 2.40 bits per heavy atom. The second kappa shape index (κ2) is 9.22. The summed E-state index contributed by atoms with van der Waals surface area (Å²) >= 11 is 12.7. The molecular formula is C17H14Br2ClNO4. The van der Waals surface area contributed by atoms with Gasteiger partial charge in [0.2, 0.25) is 0 Å². The van der Waals surface area contributed by atoms with Gasteiger partial charge in [-0.15, -0.1) is 0 Å². The SMILES string of the molecule is Cc1cc(Br)c(NC(=O)COC(=O)COc2ccccc2Cl)c(Br)c1. The standard InChI is InChI=1S/C17H14Br2ClNO4/c1-10-6-11(18)17(12(19)7-10)21-15(22)8-25-16(23)9-24-14-5-3-2-4-13(14)20/h2-7H,8-9H2,1H3,(H,21,22). The molecule has 2 aromatic carbocycles. The van der Waals surface area contributed by atoms with Gasteiger partial charge in [0.15, 0.2) is 13.2 Å². The van der Waals surface area contributed by atoms with Gasteiger partial charge in [0.1, 0.15) is 5.75 Å². The first-order valence-corrected chi connectivity index (χ1v) is 9.11. The van der Waals surface area contributed by atoms with Gasteiger partial charge in [0.05, 0.1) is 10.7 Å². The smallest absolute Gasteiger partial charge is 0.344 e. The minimum Gasteiger partial charge on any atom is -0.480 e. The van der Waals surface area contributed by atoms with Crippen LogP contribution >= 0.6 is 43.5 Å². The molecular weight excluding hydrogens is 477 g/mol. The van der Waals surface area contributed by atoms with Crippen molar-refractivity contribution in [3.05, 3.63) is 55.9 Å². The fraction of sp³-hybridized carbons (Fsp3) is 0.176. The van der Waals surface area contributed by atoms with Crippen LogP contribution in [0.15, 0.2) is 45.3 Å². The van der Waals surface area contributed by atoms with E-state index in [-0.39, 0.29) is 6.61 Å². The molecule has 1 amide bonds. The van der Waals surface area contributed by atoms with Crippen LogP contribution in [-0.2, 0) is 14.3 Å². The number of hydrogen-bond donors (Lipinski definition) is 1. The molecule has 0 atom stereocenters. The van der Waals surface area contributed by atoms with Crippen LogP contribution in [0.25, 0.3) is 0 Å². The average Bonchev–Trinajstić information content (AvgIpc) is 2.55. The molecule has 0 fully saturated rings. The van der Waals surface area contributed by atoms with E-state index in [1.54, 1.807) is 24.3 Å². The molecule has 0 aromatic heterocycles. The first kappa shape index (κ1) is 19.8. The fourth-order valence-electron chi connectivity index (χ4n) is 1.88. The van der Waals surface area contributed by atoms with E-state index in [0.29, 0.717) is 16.5 Å². The lowest BCUT2D eigenvalue weighted by Crippen LogP contribution is -2.24. The van der Waals surface area contributed by atoms with Crippen molar-refractivity contribution in [3.8, 4) is 5.75 Å². The molecule has 132 valence electrons. The quantitative estimate of drug-likeness (QED) is 0.594. The van der Waals surface area contributed by atoms with Crippen molar-refractivity contribution in [2.75, 3.05) is 18.5 Å². The summed E-state index contributed by atoms with van der Waals surface area (Å²) in [5, 5.41) is 3.06. The molecule has 0 unspecified atom stereocenters. The number of halogens is 3. The van der Waals surface area contributed by atoms with Crippen LogP contribution in [0.5, 0.6) is 5.75 Å². The number of hydrogen-bond acceptors (Lipinski definition) is 4. The van der Waals surface area contributed by atoms with Gasteiger partial charge in [0.25, 0.3) is 5.91 Å². The molecule has 0 spiro atoms. The molecule has 0 saturated carbocycles. The van der Waals surface area contributed by atoms with Crippen LogP contribution in [0.1, 0.15) is 5.56 Å². The maximum atomic E-state index is 11.9. The zero-order chi connectivity index (χ0) is 18.4. The normalized spacial score (nSPS) is 10.2. The van der Waals surface area contributed by atoms with E-state index < -0.39 is 18.5 Å². The number of anilines is 1. The number of para-hydroxylation sites is 1. The lowest BCUT2D eigenvalue weighted by atomic mass is 10.2. The van der Waals surface area contributed by atoms with Gasteiger partial charge >= 0.3 is 5.97 Å². The number of amides is 1. The summed E-state index contributed by atoms with van der Waals surface area (Å²) in [7, 11) is 0. The number of ether oxygens (including phenoxy) is 2. The topological polar surface area (TPSA) is 64.6 Å². The molecule has 0 aliphatic carbocycles. The zero-order valence-electron chi connectivity index (χ0n) is 13.1. The predicted octanol–water partition coefficient (Wildman–Crippen LogP) is 4.73. The molecule has 0 heterocycles.